The highest BCUT2D eigenvalue weighted by molar-refractivity contribution is 7.10. The Morgan fingerprint density at radius 3 is 2.62 bits per heavy atom. The van der Waals surface area contributed by atoms with Crippen molar-refractivity contribution in [2.45, 2.75) is 32.9 Å². The van der Waals surface area contributed by atoms with E-state index in [1.165, 1.54) is 0 Å². The van der Waals surface area contributed by atoms with E-state index in [1.807, 2.05) is 23.3 Å². The van der Waals surface area contributed by atoms with Crippen LogP contribution in [0.1, 0.15) is 25.6 Å². The Kier molecular flexibility index (Phi) is 4.35. The Labute approximate surface area is 105 Å². The second-order valence-electron chi connectivity index (χ2n) is 4.11. The van der Waals surface area contributed by atoms with E-state index in [2.05, 4.69) is 0 Å². The van der Waals surface area contributed by atoms with E-state index in [0.29, 0.717) is 18.1 Å². The number of carboxylic acids is 1. The maximum absolute atomic E-state index is 11.2. The number of hydrogen-bond donors (Lipinski definition) is 1. The molecule has 0 bridgehead atoms. The summed E-state index contributed by atoms with van der Waals surface area (Å²) in [6, 6.07) is 1.88. The number of rotatable bonds is 5. The van der Waals surface area contributed by atoms with Gasteiger partial charge in [-0.25, -0.2) is 0 Å². The van der Waals surface area contributed by atoms with Crippen molar-refractivity contribution in [3.8, 4) is 0 Å². The van der Waals surface area contributed by atoms with Gasteiger partial charge in [0.1, 0.15) is 5.54 Å². The average Bonchev–Trinajstić information content (AvgIpc) is 2.60. The summed E-state index contributed by atoms with van der Waals surface area (Å²) in [5.74, 6) is -0.808. The van der Waals surface area contributed by atoms with Crippen LogP contribution in [0, 0.1) is 0 Å². The van der Waals surface area contributed by atoms with Gasteiger partial charge in [-0.2, -0.15) is 0 Å². The van der Waals surface area contributed by atoms with Crippen molar-refractivity contribution in [2.75, 3.05) is 6.54 Å². The third-order valence-corrected chi connectivity index (χ3v) is 3.93. The van der Waals surface area contributed by atoms with Crippen molar-refractivity contribution >= 4 is 28.9 Å². The number of likely N-dealkylation sites (N-methyl/N-ethyl adjacent to an activating group) is 1. The Hall–Kier alpha value is -0.580. The fourth-order valence-electron chi connectivity index (χ4n) is 1.46. The van der Waals surface area contributed by atoms with E-state index in [1.54, 1.807) is 25.2 Å². The first kappa shape index (κ1) is 13.5. The van der Waals surface area contributed by atoms with Crippen LogP contribution < -0.4 is 0 Å². The largest absolute Gasteiger partial charge is 0.480 e. The Morgan fingerprint density at radius 2 is 2.25 bits per heavy atom. The van der Waals surface area contributed by atoms with Crippen molar-refractivity contribution in [3.63, 3.8) is 0 Å². The number of carbonyl (C=O) groups is 1. The highest BCUT2D eigenvalue weighted by atomic mass is 35.5. The standard InChI is InChI=1S/C11H16ClNO2S/c1-4-13(11(2,3)10(14)15)6-9-5-8(12)7-16-9/h5,7H,4,6H2,1-3H3,(H,14,15). The van der Waals surface area contributed by atoms with Gasteiger partial charge in [0.25, 0.3) is 0 Å². The van der Waals surface area contributed by atoms with Gasteiger partial charge in [-0.15, -0.1) is 11.3 Å². The summed E-state index contributed by atoms with van der Waals surface area (Å²) in [7, 11) is 0. The Bertz CT molecular complexity index is 376. The summed E-state index contributed by atoms with van der Waals surface area (Å²) in [6.07, 6.45) is 0. The van der Waals surface area contributed by atoms with Crippen molar-refractivity contribution < 1.29 is 9.90 Å². The SMILES string of the molecule is CCN(Cc1cc(Cl)cs1)C(C)(C)C(=O)O. The number of halogens is 1. The van der Waals surface area contributed by atoms with Crippen LogP contribution in [0.2, 0.25) is 5.02 Å². The molecule has 1 N–H and O–H groups in total. The molecule has 0 aliphatic heterocycles. The van der Waals surface area contributed by atoms with Crippen LogP contribution >= 0.6 is 22.9 Å². The second-order valence-corrected chi connectivity index (χ2v) is 5.54. The summed E-state index contributed by atoms with van der Waals surface area (Å²) < 4.78 is 0. The van der Waals surface area contributed by atoms with Crippen molar-refractivity contribution in [1.29, 1.82) is 0 Å². The predicted molar refractivity (Wildman–Crippen MR) is 67.1 cm³/mol. The van der Waals surface area contributed by atoms with Crippen LogP contribution in [-0.2, 0) is 11.3 Å². The molecule has 90 valence electrons. The van der Waals surface area contributed by atoms with Gasteiger partial charge < -0.3 is 5.11 Å². The molecule has 5 heteroatoms. The van der Waals surface area contributed by atoms with E-state index >= 15 is 0 Å². The van der Waals surface area contributed by atoms with E-state index in [-0.39, 0.29) is 0 Å². The Morgan fingerprint density at radius 1 is 1.62 bits per heavy atom. The number of thiophene rings is 1. The lowest BCUT2D eigenvalue weighted by Gasteiger charge is -2.33. The highest BCUT2D eigenvalue weighted by Gasteiger charge is 2.33. The van der Waals surface area contributed by atoms with E-state index < -0.39 is 11.5 Å². The third-order valence-electron chi connectivity index (χ3n) is 2.66. The maximum atomic E-state index is 11.2. The normalized spacial score (nSPS) is 12.1. The quantitative estimate of drug-likeness (QED) is 0.886. The van der Waals surface area contributed by atoms with Crippen LogP contribution in [0.4, 0.5) is 0 Å². The molecular weight excluding hydrogens is 246 g/mol. The van der Waals surface area contributed by atoms with Gasteiger partial charge in [-0.1, -0.05) is 18.5 Å². The summed E-state index contributed by atoms with van der Waals surface area (Å²) >= 11 is 7.39. The molecule has 3 nitrogen and oxygen atoms in total. The molecule has 0 saturated heterocycles. The van der Waals surface area contributed by atoms with Crippen molar-refractivity contribution in [1.82, 2.24) is 4.90 Å². The number of hydrogen-bond acceptors (Lipinski definition) is 3. The lowest BCUT2D eigenvalue weighted by atomic mass is 10.0. The summed E-state index contributed by atoms with van der Waals surface area (Å²) in [5.41, 5.74) is -0.856. The van der Waals surface area contributed by atoms with Crippen molar-refractivity contribution in [2.24, 2.45) is 0 Å². The highest BCUT2D eigenvalue weighted by Crippen LogP contribution is 2.24. The van der Waals surface area contributed by atoms with Crippen molar-refractivity contribution in [3.05, 3.63) is 21.3 Å². The predicted octanol–water partition coefficient (Wildman–Crippen LogP) is 3.09. The monoisotopic (exact) mass is 261 g/mol. The fraction of sp³-hybridized carbons (Fsp3) is 0.545. The first-order valence-electron chi connectivity index (χ1n) is 5.09. The van der Waals surface area contributed by atoms with Crippen LogP contribution in [0.25, 0.3) is 0 Å². The van der Waals surface area contributed by atoms with E-state index in [4.69, 9.17) is 16.7 Å². The zero-order valence-corrected chi connectivity index (χ0v) is 11.2. The minimum absolute atomic E-state index is 0.618. The maximum Gasteiger partial charge on any atom is 0.323 e. The lowest BCUT2D eigenvalue weighted by Crippen LogP contribution is -2.49. The number of nitrogens with zero attached hydrogens (tertiary/aromatic N) is 1. The fourth-order valence-corrected chi connectivity index (χ4v) is 2.55. The molecule has 0 aromatic carbocycles. The van der Waals surface area contributed by atoms with Gasteiger partial charge in [0.05, 0.1) is 5.02 Å². The molecule has 0 fully saturated rings. The minimum Gasteiger partial charge on any atom is -0.480 e. The molecule has 0 aliphatic rings. The van der Waals surface area contributed by atoms with E-state index in [0.717, 1.165) is 4.88 Å². The number of aliphatic carboxylic acids is 1. The molecule has 1 aromatic rings. The molecule has 0 spiro atoms. The van der Waals surface area contributed by atoms with Gasteiger partial charge in [-0.3, -0.25) is 9.69 Å². The first-order chi connectivity index (χ1) is 7.37. The minimum atomic E-state index is -0.856. The van der Waals surface area contributed by atoms with Gasteiger partial charge in [0, 0.05) is 16.8 Å². The van der Waals surface area contributed by atoms with Gasteiger partial charge in [-0.05, 0) is 26.5 Å². The summed E-state index contributed by atoms with van der Waals surface area (Å²) in [5, 5.41) is 11.7. The topological polar surface area (TPSA) is 40.5 Å². The zero-order chi connectivity index (χ0) is 12.3. The summed E-state index contributed by atoms with van der Waals surface area (Å²) in [6.45, 7) is 6.70. The molecule has 16 heavy (non-hydrogen) atoms. The first-order valence-corrected chi connectivity index (χ1v) is 6.35. The number of carboxylic acid groups (broad SMARTS) is 1. The Balaban J connectivity index is 2.80. The van der Waals surface area contributed by atoms with Crippen LogP contribution in [0.15, 0.2) is 11.4 Å². The lowest BCUT2D eigenvalue weighted by molar-refractivity contribution is -0.149. The molecule has 0 amide bonds. The van der Waals surface area contributed by atoms with Crippen LogP contribution in [0.5, 0.6) is 0 Å². The van der Waals surface area contributed by atoms with Gasteiger partial charge >= 0.3 is 5.97 Å². The average molecular weight is 262 g/mol. The molecule has 0 aliphatic carbocycles. The molecular formula is C11H16ClNO2S. The van der Waals surface area contributed by atoms with E-state index in [9.17, 15) is 4.79 Å². The summed E-state index contributed by atoms with van der Waals surface area (Å²) in [4.78, 5) is 14.2. The molecule has 1 rings (SSSR count). The smallest absolute Gasteiger partial charge is 0.323 e. The molecule has 0 saturated carbocycles. The molecule has 0 atom stereocenters. The van der Waals surface area contributed by atoms with Gasteiger partial charge in [0.2, 0.25) is 0 Å². The zero-order valence-electron chi connectivity index (χ0n) is 9.66. The third kappa shape index (κ3) is 2.97. The van der Waals surface area contributed by atoms with Crippen LogP contribution in [-0.4, -0.2) is 28.1 Å². The molecule has 0 radical (unpaired) electrons. The second kappa shape index (κ2) is 5.17. The molecule has 1 aromatic heterocycles. The van der Waals surface area contributed by atoms with Gasteiger partial charge in [0.15, 0.2) is 0 Å². The van der Waals surface area contributed by atoms with Crippen LogP contribution in [0.3, 0.4) is 0 Å². The molecule has 1 heterocycles. The molecule has 0 unspecified atom stereocenters.